The van der Waals surface area contributed by atoms with Gasteiger partial charge in [0.2, 0.25) is 0 Å². The molecule has 0 amide bonds. The van der Waals surface area contributed by atoms with E-state index in [0.29, 0.717) is 4.90 Å². The summed E-state index contributed by atoms with van der Waals surface area (Å²) in [5.41, 5.74) is 6.96. The van der Waals surface area contributed by atoms with Gasteiger partial charge in [0.15, 0.2) is 0 Å². The van der Waals surface area contributed by atoms with Crippen molar-refractivity contribution in [3.05, 3.63) is 62.6 Å². The monoisotopic (exact) mass is 352 g/mol. The van der Waals surface area contributed by atoms with Crippen LogP contribution in [0.3, 0.4) is 0 Å². The maximum absolute atomic E-state index is 11.0. The van der Waals surface area contributed by atoms with Gasteiger partial charge in [-0.2, -0.15) is 0 Å². The highest BCUT2D eigenvalue weighted by molar-refractivity contribution is 9.10. The lowest BCUT2D eigenvalue weighted by atomic mass is 10.1. The standard InChI is InChI=1S/C14H13BrN2O2S/c1-9(16)10-6-7-13(11(15)8-10)20-14-5-3-2-4-12(14)17(18)19/h2-9H,16H2,1H3. The molecule has 0 saturated carbocycles. The quantitative estimate of drug-likeness (QED) is 0.648. The van der Waals surface area contributed by atoms with Crippen LogP contribution in [0.5, 0.6) is 0 Å². The average molecular weight is 353 g/mol. The van der Waals surface area contributed by atoms with Crippen molar-refractivity contribution in [2.45, 2.75) is 22.8 Å². The molecule has 0 fully saturated rings. The summed E-state index contributed by atoms with van der Waals surface area (Å²) < 4.78 is 0.885. The van der Waals surface area contributed by atoms with Crippen LogP contribution in [0.15, 0.2) is 56.7 Å². The predicted molar refractivity (Wildman–Crippen MR) is 84.0 cm³/mol. The van der Waals surface area contributed by atoms with E-state index < -0.39 is 0 Å². The molecule has 0 radical (unpaired) electrons. The second-order valence-electron chi connectivity index (χ2n) is 4.31. The smallest absolute Gasteiger partial charge is 0.283 e. The molecule has 0 aliphatic heterocycles. The van der Waals surface area contributed by atoms with Crippen molar-refractivity contribution in [1.82, 2.24) is 0 Å². The minimum atomic E-state index is -0.368. The maximum atomic E-state index is 11.0. The Morgan fingerprint density at radius 3 is 2.55 bits per heavy atom. The Balaban J connectivity index is 2.33. The van der Waals surface area contributed by atoms with Gasteiger partial charge in [0, 0.05) is 21.5 Å². The highest BCUT2D eigenvalue weighted by Crippen LogP contribution is 2.38. The summed E-state index contributed by atoms with van der Waals surface area (Å²) in [5, 5.41) is 11.0. The number of nitro groups is 1. The molecule has 0 spiro atoms. The van der Waals surface area contributed by atoms with Gasteiger partial charge < -0.3 is 5.73 Å². The molecule has 4 nitrogen and oxygen atoms in total. The Labute approximate surface area is 129 Å². The molecule has 0 aliphatic carbocycles. The second-order valence-corrected chi connectivity index (χ2v) is 6.24. The number of nitrogens with zero attached hydrogens (tertiary/aromatic N) is 1. The fraction of sp³-hybridized carbons (Fsp3) is 0.143. The second kappa shape index (κ2) is 6.39. The third-order valence-electron chi connectivity index (χ3n) is 2.76. The van der Waals surface area contributed by atoms with Crippen LogP contribution in [-0.2, 0) is 0 Å². The molecule has 0 bridgehead atoms. The van der Waals surface area contributed by atoms with Crippen LogP contribution in [0, 0.1) is 10.1 Å². The summed E-state index contributed by atoms with van der Waals surface area (Å²) in [4.78, 5) is 12.2. The van der Waals surface area contributed by atoms with Crippen molar-refractivity contribution in [3.8, 4) is 0 Å². The summed E-state index contributed by atoms with van der Waals surface area (Å²) in [6.07, 6.45) is 0. The fourth-order valence-electron chi connectivity index (χ4n) is 1.70. The lowest BCUT2D eigenvalue weighted by Crippen LogP contribution is -2.04. The molecule has 0 aromatic heterocycles. The fourth-order valence-corrected chi connectivity index (χ4v) is 3.26. The topological polar surface area (TPSA) is 69.2 Å². The predicted octanol–water partition coefficient (Wildman–Crippen LogP) is 4.53. The number of nitro benzene ring substituents is 1. The first kappa shape index (κ1) is 15.0. The van der Waals surface area contributed by atoms with Crippen molar-refractivity contribution in [1.29, 1.82) is 0 Å². The number of rotatable bonds is 4. The van der Waals surface area contributed by atoms with E-state index in [1.807, 2.05) is 25.1 Å². The molecule has 2 rings (SSSR count). The molecule has 1 atom stereocenters. The zero-order chi connectivity index (χ0) is 14.7. The Hall–Kier alpha value is -1.37. The van der Waals surface area contributed by atoms with E-state index in [-0.39, 0.29) is 16.7 Å². The normalized spacial score (nSPS) is 12.2. The van der Waals surface area contributed by atoms with Gasteiger partial charge in [-0.3, -0.25) is 10.1 Å². The van der Waals surface area contributed by atoms with Gasteiger partial charge in [-0.15, -0.1) is 0 Å². The van der Waals surface area contributed by atoms with Crippen molar-refractivity contribution < 1.29 is 4.92 Å². The molecular weight excluding hydrogens is 340 g/mol. The summed E-state index contributed by atoms with van der Waals surface area (Å²) in [7, 11) is 0. The van der Waals surface area contributed by atoms with Gasteiger partial charge in [0.1, 0.15) is 0 Å². The molecule has 1 unspecified atom stereocenters. The third-order valence-corrected chi connectivity index (χ3v) is 4.82. The van der Waals surface area contributed by atoms with Crippen molar-refractivity contribution >= 4 is 33.4 Å². The highest BCUT2D eigenvalue weighted by atomic mass is 79.9. The van der Waals surface area contributed by atoms with Gasteiger partial charge in [-0.05, 0) is 46.6 Å². The van der Waals surface area contributed by atoms with Crippen molar-refractivity contribution in [3.63, 3.8) is 0 Å². The van der Waals surface area contributed by atoms with Gasteiger partial charge >= 0.3 is 0 Å². The summed E-state index contributed by atoms with van der Waals surface area (Å²) in [6.45, 7) is 1.91. The minimum Gasteiger partial charge on any atom is -0.324 e. The average Bonchev–Trinajstić information content (AvgIpc) is 2.41. The number of para-hydroxylation sites is 1. The summed E-state index contributed by atoms with van der Waals surface area (Å²) >= 11 is 4.85. The molecule has 0 saturated heterocycles. The van der Waals surface area contributed by atoms with Gasteiger partial charge in [-0.1, -0.05) is 30.0 Å². The first-order valence-electron chi connectivity index (χ1n) is 5.95. The molecule has 0 aliphatic rings. The van der Waals surface area contributed by atoms with Crippen LogP contribution in [0.25, 0.3) is 0 Å². The summed E-state index contributed by atoms with van der Waals surface area (Å²) in [6, 6.07) is 12.5. The van der Waals surface area contributed by atoms with E-state index >= 15 is 0 Å². The molecule has 20 heavy (non-hydrogen) atoms. The lowest BCUT2D eigenvalue weighted by molar-refractivity contribution is -0.387. The van der Waals surface area contributed by atoms with E-state index in [1.54, 1.807) is 18.2 Å². The highest BCUT2D eigenvalue weighted by Gasteiger charge is 2.15. The number of benzene rings is 2. The molecule has 0 heterocycles. The number of hydrogen-bond acceptors (Lipinski definition) is 4. The zero-order valence-electron chi connectivity index (χ0n) is 10.7. The van der Waals surface area contributed by atoms with Crippen LogP contribution in [0.1, 0.15) is 18.5 Å². The largest absolute Gasteiger partial charge is 0.324 e. The molecule has 6 heteroatoms. The SMILES string of the molecule is CC(N)c1ccc(Sc2ccccc2[N+](=O)[O-])c(Br)c1. The summed E-state index contributed by atoms with van der Waals surface area (Å²) in [5.74, 6) is 0. The van der Waals surface area contributed by atoms with Gasteiger partial charge in [0.25, 0.3) is 5.69 Å². The van der Waals surface area contributed by atoms with Gasteiger partial charge in [-0.25, -0.2) is 0 Å². The Kier molecular flexibility index (Phi) is 4.80. The number of hydrogen-bond donors (Lipinski definition) is 1. The molecule has 2 aromatic rings. The van der Waals surface area contributed by atoms with Crippen LogP contribution >= 0.6 is 27.7 Å². The molecule has 2 N–H and O–H groups in total. The number of nitrogens with two attached hydrogens (primary N) is 1. The first-order valence-corrected chi connectivity index (χ1v) is 7.56. The maximum Gasteiger partial charge on any atom is 0.283 e. The molecule has 104 valence electrons. The van der Waals surface area contributed by atoms with Crippen LogP contribution in [0.4, 0.5) is 5.69 Å². The molecule has 2 aromatic carbocycles. The van der Waals surface area contributed by atoms with E-state index in [1.165, 1.54) is 17.8 Å². The minimum absolute atomic E-state index is 0.0450. The van der Waals surface area contributed by atoms with Crippen LogP contribution < -0.4 is 5.73 Å². The number of halogens is 1. The van der Waals surface area contributed by atoms with Crippen molar-refractivity contribution in [2.24, 2.45) is 5.73 Å². The van der Waals surface area contributed by atoms with E-state index in [4.69, 9.17) is 5.73 Å². The Morgan fingerprint density at radius 2 is 1.95 bits per heavy atom. The Bertz CT molecular complexity index is 647. The van der Waals surface area contributed by atoms with E-state index in [9.17, 15) is 10.1 Å². The lowest BCUT2D eigenvalue weighted by Gasteiger charge is -2.09. The van der Waals surface area contributed by atoms with Gasteiger partial charge in [0.05, 0.1) is 9.82 Å². The first-order chi connectivity index (χ1) is 9.49. The van der Waals surface area contributed by atoms with Crippen LogP contribution in [0.2, 0.25) is 0 Å². The Morgan fingerprint density at radius 1 is 1.25 bits per heavy atom. The van der Waals surface area contributed by atoms with Crippen LogP contribution in [-0.4, -0.2) is 4.92 Å². The molecular formula is C14H13BrN2O2S. The zero-order valence-corrected chi connectivity index (χ0v) is 13.1. The van der Waals surface area contributed by atoms with Crippen molar-refractivity contribution in [2.75, 3.05) is 0 Å². The third kappa shape index (κ3) is 3.39. The van der Waals surface area contributed by atoms with E-state index in [0.717, 1.165) is 14.9 Å². The van der Waals surface area contributed by atoms with E-state index in [2.05, 4.69) is 15.9 Å².